The molecule has 0 aliphatic carbocycles. The summed E-state index contributed by atoms with van der Waals surface area (Å²) in [5.41, 5.74) is 1.40. The van der Waals surface area contributed by atoms with E-state index in [1.165, 1.54) is 5.39 Å². The van der Waals surface area contributed by atoms with E-state index in [1.54, 1.807) is 0 Å². The van der Waals surface area contributed by atoms with Gasteiger partial charge in [-0.25, -0.2) is 4.85 Å². The maximum absolute atomic E-state index is 6.88. The van der Waals surface area contributed by atoms with Gasteiger partial charge in [-0.05, 0) is 16.3 Å². The zero-order valence-electron chi connectivity index (χ0n) is 7.70. The number of hydrogen-bond donors (Lipinski definition) is 0. The van der Waals surface area contributed by atoms with Gasteiger partial charge in [-0.15, -0.1) is 0 Å². The van der Waals surface area contributed by atoms with Crippen LogP contribution in [-0.4, -0.2) is 0 Å². The van der Waals surface area contributed by atoms with Crippen LogP contribution in [0, 0.1) is 6.57 Å². The van der Waals surface area contributed by atoms with Gasteiger partial charge < -0.3 is 0 Å². The maximum atomic E-state index is 6.88. The van der Waals surface area contributed by atoms with Crippen molar-refractivity contribution in [2.24, 2.45) is 0 Å². The van der Waals surface area contributed by atoms with Crippen LogP contribution in [0.25, 0.3) is 21.3 Å². The van der Waals surface area contributed by atoms with Crippen molar-refractivity contribution in [2.75, 3.05) is 0 Å². The Labute approximate surface area is 83.1 Å². The van der Waals surface area contributed by atoms with Crippen molar-refractivity contribution in [2.45, 2.75) is 0 Å². The number of fused-ring (bicyclic) bond motifs is 1. The van der Waals surface area contributed by atoms with Gasteiger partial charge in [0.1, 0.15) is 0 Å². The fourth-order valence-electron chi connectivity index (χ4n) is 1.43. The minimum Gasteiger partial charge on any atom is -0.238 e. The van der Waals surface area contributed by atoms with Crippen LogP contribution in [0.15, 0.2) is 49.0 Å². The molecule has 1 heteroatoms. The van der Waals surface area contributed by atoms with Gasteiger partial charge in [0, 0.05) is 0 Å². The highest BCUT2D eigenvalue weighted by atomic mass is 14.6. The molecule has 0 heterocycles. The predicted molar refractivity (Wildman–Crippen MR) is 59.6 cm³/mol. The average Bonchev–Trinajstić information content (AvgIpc) is 2.27. The lowest BCUT2D eigenvalue weighted by molar-refractivity contribution is 1.67. The molecule has 0 saturated carbocycles. The first-order valence-electron chi connectivity index (χ1n) is 4.37. The minimum atomic E-state index is 0.496. The third-order valence-corrected chi connectivity index (χ3v) is 2.22. The standard InChI is InChI=1S/C13H9N/c1-10(14-2)12-8-7-11-5-3-4-6-13(11)9-12/h3-9H,1H2. The molecule has 2 rings (SSSR count). The Morgan fingerprint density at radius 2 is 1.79 bits per heavy atom. The van der Waals surface area contributed by atoms with E-state index in [0.29, 0.717) is 5.70 Å². The third kappa shape index (κ3) is 1.38. The number of nitrogens with zero attached hydrogens (tertiary/aromatic N) is 1. The summed E-state index contributed by atoms with van der Waals surface area (Å²) in [4.78, 5) is 3.32. The Hall–Kier alpha value is -2.07. The second-order valence-corrected chi connectivity index (χ2v) is 3.12. The predicted octanol–water partition coefficient (Wildman–Crippen LogP) is 3.73. The molecule has 66 valence electrons. The van der Waals surface area contributed by atoms with Gasteiger partial charge in [-0.3, -0.25) is 0 Å². The van der Waals surface area contributed by atoms with Gasteiger partial charge in [0.05, 0.1) is 6.57 Å². The average molecular weight is 179 g/mol. The Balaban J connectivity index is 2.64. The van der Waals surface area contributed by atoms with E-state index in [9.17, 15) is 0 Å². The molecule has 0 amide bonds. The van der Waals surface area contributed by atoms with Crippen LogP contribution >= 0.6 is 0 Å². The molecule has 14 heavy (non-hydrogen) atoms. The normalized spacial score (nSPS) is 9.64. The fraction of sp³-hybridized carbons (Fsp3) is 0. The van der Waals surface area contributed by atoms with Crippen LogP contribution in [0.2, 0.25) is 0 Å². The van der Waals surface area contributed by atoms with Crippen molar-refractivity contribution in [1.82, 2.24) is 0 Å². The lowest BCUT2D eigenvalue weighted by Gasteiger charge is -2.00. The van der Waals surface area contributed by atoms with Gasteiger partial charge in [-0.2, -0.15) is 0 Å². The van der Waals surface area contributed by atoms with Crippen LogP contribution in [0.4, 0.5) is 0 Å². The molecule has 0 saturated heterocycles. The Bertz CT molecular complexity index is 532. The molecular weight excluding hydrogens is 170 g/mol. The Morgan fingerprint density at radius 1 is 1.07 bits per heavy atom. The van der Waals surface area contributed by atoms with Crippen molar-refractivity contribution in [3.63, 3.8) is 0 Å². The smallest absolute Gasteiger partial charge is 0.187 e. The lowest BCUT2D eigenvalue weighted by Crippen LogP contribution is -1.78. The zero-order valence-corrected chi connectivity index (χ0v) is 7.70. The van der Waals surface area contributed by atoms with E-state index in [1.807, 2.05) is 36.4 Å². The van der Waals surface area contributed by atoms with Crippen LogP contribution < -0.4 is 0 Å². The van der Waals surface area contributed by atoms with E-state index in [4.69, 9.17) is 6.57 Å². The largest absolute Gasteiger partial charge is 0.238 e. The monoisotopic (exact) mass is 179 g/mol. The summed E-state index contributed by atoms with van der Waals surface area (Å²) in [5, 5.41) is 2.34. The summed E-state index contributed by atoms with van der Waals surface area (Å²) in [5.74, 6) is 0. The van der Waals surface area contributed by atoms with Crippen LogP contribution in [0.1, 0.15) is 5.56 Å². The molecule has 0 atom stereocenters. The lowest BCUT2D eigenvalue weighted by atomic mass is 10.1. The molecule has 0 fully saturated rings. The molecular formula is C13H9N. The number of rotatable bonds is 1. The van der Waals surface area contributed by atoms with E-state index in [2.05, 4.69) is 17.5 Å². The molecule has 0 unspecified atom stereocenters. The van der Waals surface area contributed by atoms with Crippen molar-refractivity contribution in [3.8, 4) is 0 Å². The first-order valence-corrected chi connectivity index (χ1v) is 4.37. The molecule has 2 aromatic rings. The summed E-state index contributed by atoms with van der Waals surface area (Å²) in [7, 11) is 0. The van der Waals surface area contributed by atoms with Gasteiger partial charge in [-0.1, -0.05) is 49.0 Å². The van der Waals surface area contributed by atoms with Crippen molar-refractivity contribution >= 4 is 16.5 Å². The van der Waals surface area contributed by atoms with Crippen molar-refractivity contribution in [1.29, 1.82) is 0 Å². The highest BCUT2D eigenvalue weighted by Gasteiger charge is 1.98. The summed E-state index contributed by atoms with van der Waals surface area (Å²) in [6.45, 7) is 10.6. The molecule has 0 radical (unpaired) electrons. The van der Waals surface area contributed by atoms with E-state index < -0.39 is 0 Å². The second-order valence-electron chi connectivity index (χ2n) is 3.12. The molecule has 0 spiro atoms. The van der Waals surface area contributed by atoms with E-state index >= 15 is 0 Å². The van der Waals surface area contributed by atoms with Gasteiger partial charge >= 0.3 is 0 Å². The maximum Gasteiger partial charge on any atom is 0.187 e. The number of hydrogen-bond acceptors (Lipinski definition) is 0. The Kier molecular flexibility index (Phi) is 2.04. The molecule has 0 bridgehead atoms. The van der Waals surface area contributed by atoms with Crippen LogP contribution in [0.3, 0.4) is 0 Å². The fourth-order valence-corrected chi connectivity index (χ4v) is 1.43. The molecule has 0 N–H and O–H groups in total. The summed E-state index contributed by atoms with van der Waals surface area (Å²) < 4.78 is 0. The highest BCUT2D eigenvalue weighted by molar-refractivity contribution is 5.86. The summed E-state index contributed by atoms with van der Waals surface area (Å²) in [6, 6.07) is 14.0. The van der Waals surface area contributed by atoms with Crippen molar-refractivity contribution in [3.05, 3.63) is 66.0 Å². The minimum absolute atomic E-state index is 0.496. The number of benzene rings is 2. The molecule has 2 aromatic carbocycles. The summed E-state index contributed by atoms with van der Waals surface area (Å²) >= 11 is 0. The van der Waals surface area contributed by atoms with Gasteiger partial charge in [0.2, 0.25) is 0 Å². The van der Waals surface area contributed by atoms with Crippen LogP contribution in [-0.2, 0) is 0 Å². The van der Waals surface area contributed by atoms with Gasteiger partial charge in [0.25, 0.3) is 0 Å². The topological polar surface area (TPSA) is 4.36 Å². The first kappa shape index (κ1) is 8.52. The van der Waals surface area contributed by atoms with Crippen LogP contribution in [0.5, 0.6) is 0 Å². The quantitative estimate of drug-likeness (QED) is 0.587. The summed E-state index contributed by atoms with van der Waals surface area (Å²) in [6.07, 6.45) is 0. The molecule has 0 aliphatic heterocycles. The highest BCUT2D eigenvalue weighted by Crippen LogP contribution is 2.20. The molecule has 1 nitrogen and oxygen atoms in total. The van der Waals surface area contributed by atoms with E-state index in [0.717, 1.165) is 10.9 Å². The van der Waals surface area contributed by atoms with E-state index in [-0.39, 0.29) is 0 Å². The second kappa shape index (κ2) is 3.35. The molecule has 0 aromatic heterocycles. The first-order chi connectivity index (χ1) is 6.81. The third-order valence-electron chi connectivity index (χ3n) is 2.22. The van der Waals surface area contributed by atoms with Crippen molar-refractivity contribution < 1.29 is 0 Å². The Morgan fingerprint density at radius 3 is 2.50 bits per heavy atom. The molecule has 0 aliphatic rings. The van der Waals surface area contributed by atoms with Gasteiger partial charge in [0.15, 0.2) is 5.70 Å². The zero-order chi connectivity index (χ0) is 9.97. The SMILES string of the molecule is [C-]#[N+]C(=C)c1ccc2ccccc2c1.